The summed E-state index contributed by atoms with van der Waals surface area (Å²) in [5.74, 6) is 0.736. The second-order valence-electron chi connectivity index (χ2n) is 5.61. The van der Waals surface area contributed by atoms with E-state index < -0.39 is 0 Å². The summed E-state index contributed by atoms with van der Waals surface area (Å²) in [5.41, 5.74) is 0. The van der Waals surface area contributed by atoms with Gasteiger partial charge in [0.15, 0.2) is 0 Å². The summed E-state index contributed by atoms with van der Waals surface area (Å²) >= 11 is 0. The van der Waals surface area contributed by atoms with Gasteiger partial charge in [-0.15, -0.1) is 0 Å². The van der Waals surface area contributed by atoms with Crippen LogP contribution in [0.15, 0.2) is 0 Å². The fourth-order valence-corrected chi connectivity index (χ4v) is 3.17. The molecule has 2 rings (SSSR count). The Kier molecular flexibility index (Phi) is 5.26. The van der Waals surface area contributed by atoms with E-state index in [0.29, 0.717) is 0 Å². The average Bonchev–Trinajstić information content (AvgIpc) is 2.40. The van der Waals surface area contributed by atoms with Crippen molar-refractivity contribution in [3.05, 3.63) is 0 Å². The number of aliphatic hydroxyl groups is 1. The van der Waals surface area contributed by atoms with Crippen LogP contribution < -0.4 is 0 Å². The molecule has 1 saturated heterocycles. The number of aliphatic hydroxyl groups excluding tert-OH is 1. The van der Waals surface area contributed by atoms with Crippen LogP contribution in [0.3, 0.4) is 0 Å². The number of hydrogen-bond donors (Lipinski definition) is 1. The Morgan fingerprint density at radius 3 is 2.76 bits per heavy atom. The van der Waals surface area contributed by atoms with Crippen LogP contribution in [0.1, 0.15) is 45.4 Å². The number of likely N-dealkylation sites (N-methyl/N-ethyl adjacent to an activating group) is 1. The van der Waals surface area contributed by atoms with Crippen molar-refractivity contribution in [1.29, 1.82) is 0 Å². The van der Waals surface area contributed by atoms with Gasteiger partial charge in [0.05, 0.1) is 18.8 Å². The lowest BCUT2D eigenvalue weighted by molar-refractivity contribution is -0.0940. The second kappa shape index (κ2) is 6.72. The van der Waals surface area contributed by atoms with Crippen LogP contribution in [0.2, 0.25) is 0 Å². The first-order valence-electron chi connectivity index (χ1n) is 7.31. The number of nitrogens with zero attached hydrogens (tertiary/aromatic N) is 1. The molecule has 1 heterocycles. The van der Waals surface area contributed by atoms with Gasteiger partial charge >= 0.3 is 0 Å². The van der Waals surface area contributed by atoms with E-state index in [1.165, 1.54) is 32.1 Å². The first kappa shape index (κ1) is 13.3. The fourth-order valence-electron chi connectivity index (χ4n) is 3.17. The third-order valence-corrected chi connectivity index (χ3v) is 4.35. The lowest BCUT2D eigenvalue weighted by Crippen LogP contribution is -2.48. The summed E-state index contributed by atoms with van der Waals surface area (Å²) < 4.78 is 5.72. The highest BCUT2D eigenvalue weighted by molar-refractivity contribution is 4.80. The molecule has 1 N–H and O–H groups in total. The summed E-state index contributed by atoms with van der Waals surface area (Å²) in [5, 5.41) is 10.3. The van der Waals surface area contributed by atoms with Gasteiger partial charge in [-0.25, -0.2) is 0 Å². The van der Waals surface area contributed by atoms with Crippen LogP contribution >= 0.6 is 0 Å². The standard InChI is InChI=1S/C14H27NO2/c1-2-15-8-9-17-14(11-15)13(16)10-12-6-4-3-5-7-12/h12-14,16H,2-11H2,1H3. The summed E-state index contributed by atoms with van der Waals surface area (Å²) in [7, 11) is 0. The van der Waals surface area contributed by atoms with Gasteiger partial charge in [-0.2, -0.15) is 0 Å². The van der Waals surface area contributed by atoms with Crippen LogP contribution in [0, 0.1) is 5.92 Å². The highest BCUT2D eigenvalue weighted by atomic mass is 16.5. The molecule has 1 aliphatic carbocycles. The maximum Gasteiger partial charge on any atom is 0.0961 e. The largest absolute Gasteiger partial charge is 0.390 e. The average molecular weight is 241 g/mol. The first-order valence-corrected chi connectivity index (χ1v) is 7.31. The van der Waals surface area contributed by atoms with Crippen LogP contribution in [0.25, 0.3) is 0 Å². The summed E-state index contributed by atoms with van der Waals surface area (Å²) in [6.45, 7) is 5.94. The van der Waals surface area contributed by atoms with Gasteiger partial charge in [0, 0.05) is 13.1 Å². The Hall–Kier alpha value is -0.120. The molecule has 2 unspecified atom stereocenters. The van der Waals surface area contributed by atoms with Crippen LogP contribution in [-0.2, 0) is 4.74 Å². The lowest BCUT2D eigenvalue weighted by atomic mass is 9.84. The topological polar surface area (TPSA) is 32.7 Å². The molecular formula is C14H27NO2. The van der Waals surface area contributed by atoms with E-state index in [2.05, 4.69) is 11.8 Å². The van der Waals surface area contributed by atoms with Gasteiger partial charge in [0.2, 0.25) is 0 Å². The number of rotatable bonds is 4. The molecule has 2 fully saturated rings. The van der Waals surface area contributed by atoms with E-state index >= 15 is 0 Å². The summed E-state index contributed by atoms with van der Waals surface area (Å²) in [4.78, 5) is 2.37. The van der Waals surface area contributed by atoms with Crippen LogP contribution in [0.4, 0.5) is 0 Å². The molecule has 1 aliphatic heterocycles. The quantitative estimate of drug-likeness (QED) is 0.817. The number of ether oxygens (including phenoxy) is 1. The molecule has 2 aliphatic rings. The van der Waals surface area contributed by atoms with Crippen molar-refractivity contribution in [2.24, 2.45) is 5.92 Å². The molecule has 1 saturated carbocycles. The molecular weight excluding hydrogens is 214 g/mol. The van der Waals surface area contributed by atoms with Crippen LogP contribution in [-0.4, -0.2) is 48.5 Å². The zero-order chi connectivity index (χ0) is 12.1. The van der Waals surface area contributed by atoms with E-state index in [1.807, 2.05) is 0 Å². The summed E-state index contributed by atoms with van der Waals surface area (Å²) in [6.07, 6.45) is 7.44. The van der Waals surface area contributed by atoms with Gasteiger partial charge < -0.3 is 9.84 Å². The molecule has 100 valence electrons. The molecule has 0 bridgehead atoms. The second-order valence-corrected chi connectivity index (χ2v) is 5.61. The van der Waals surface area contributed by atoms with Gasteiger partial charge in [0.1, 0.15) is 0 Å². The zero-order valence-corrected chi connectivity index (χ0v) is 11.1. The van der Waals surface area contributed by atoms with Gasteiger partial charge in [-0.05, 0) is 18.9 Å². The first-order chi connectivity index (χ1) is 8.29. The maximum absolute atomic E-state index is 10.3. The van der Waals surface area contributed by atoms with Crippen molar-refractivity contribution in [3.63, 3.8) is 0 Å². The summed E-state index contributed by atoms with van der Waals surface area (Å²) in [6, 6.07) is 0. The Bertz CT molecular complexity index is 216. The van der Waals surface area contributed by atoms with E-state index in [0.717, 1.165) is 38.6 Å². The predicted molar refractivity (Wildman–Crippen MR) is 69.1 cm³/mol. The molecule has 0 radical (unpaired) electrons. The minimum Gasteiger partial charge on any atom is -0.390 e. The Morgan fingerprint density at radius 2 is 2.06 bits per heavy atom. The van der Waals surface area contributed by atoms with Crippen molar-refractivity contribution < 1.29 is 9.84 Å². The molecule has 17 heavy (non-hydrogen) atoms. The minimum atomic E-state index is -0.257. The Balaban J connectivity index is 1.75. The van der Waals surface area contributed by atoms with Gasteiger partial charge in [-0.3, -0.25) is 4.90 Å². The van der Waals surface area contributed by atoms with Crippen molar-refractivity contribution in [2.45, 2.75) is 57.7 Å². The van der Waals surface area contributed by atoms with Crippen molar-refractivity contribution >= 4 is 0 Å². The van der Waals surface area contributed by atoms with Crippen LogP contribution in [0.5, 0.6) is 0 Å². The van der Waals surface area contributed by atoms with Crippen molar-refractivity contribution in [3.8, 4) is 0 Å². The van der Waals surface area contributed by atoms with Crippen molar-refractivity contribution in [2.75, 3.05) is 26.2 Å². The van der Waals surface area contributed by atoms with Gasteiger partial charge in [0.25, 0.3) is 0 Å². The molecule has 0 spiro atoms. The third kappa shape index (κ3) is 3.94. The molecule has 3 heteroatoms. The Morgan fingerprint density at radius 1 is 1.29 bits per heavy atom. The minimum absolute atomic E-state index is 0.0469. The SMILES string of the molecule is CCN1CCOC(C(O)CC2CCCCC2)C1. The highest BCUT2D eigenvalue weighted by Gasteiger charge is 2.28. The van der Waals surface area contributed by atoms with Crippen molar-refractivity contribution in [1.82, 2.24) is 4.90 Å². The third-order valence-electron chi connectivity index (χ3n) is 4.35. The molecule has 0 aromatic carbocycles. The maximum atomic E-state index is 10.3. The fraction of sp³-hybridized carbons (Fsp3) is 1.00. The van der Waals surface area contributed by atoms with E-state index in [-0.39, 0.29) is 12.2 Å². The van der Waals surface area contributed by atoms with E-state index in [1.54, 1.807) is 0 Å². The van der Waals surface area contributed by atoms with E-state index in [9.17, 15) is 5.11 Å². The molecule has 3 nitrogen and oxygen atoms in total. The molecule has 2 atom stereocenters. The van der Waals surface area contributed by atoms with E-state index in [4.69, 9.17) is 4.74 Å². The Labute approximate surface area is 105 Å². The lowest BCUT2D eigenvalue weighted by Gasteiger charge is -2.36. The monoisotopic (exact) mass is 241 g/mol. The smallest absolute Gasteiger partial charge is 0.0961 e. The number of morpholine rings is 1. The molecule has 0 aromatic heterocycles. The predicted octanol–water partition coefficient (Wildman–Crippen LogP) is 2.04. The zero-order valence-electron chi connectivity index (χ0n) is 11.1. The molecule has 0 aromatic rings. The normalized spacial score (nSPS) is 30.4. The molecule has 0 amide bonds. The highest BCUT2D eigenvalue weighted by Crippen LogP contribution is 2.28. The number of hydrogen-bond acceptors (Lipinski definition) is 3. The van der Waals surface area contributed by atoms with Gasteiger partial charge in [-0.1, -0.05) is 39.0 Å².